The molecule has 3 aromatic carbocycles. The van der Waals surface area contributed by atoms with Crippen LogP contribution in [0.3, 0.4) is 0 Å². The van der Waals surface area contributed by atoms with Crippen molar-refractivity contribution in [3.05, 3.63) is 140 Å². The number of nitrogens with zero attached hydrogens (tertiary/aromatic N) is 3. The Balaban J connectivity index is 1.21. The van der Waals surface area contributed by atoms with Gasteiger partial charge in [0.05, 0.1) is 11.1 Å². The SMILES string of the molecule is Cc1ccc(C)n1-c1ccc(OCc2ccc(C(=O)N/N=C/c3cc(Cl)cc([N+](=O)[O-])c3OCc3ccc(F)cc3)o2)cc1. The molecule has 12 heteroatoms. The Bertz CT molecular complexity index is 1810. The van der Waals surface area contributed by atoms with Crippen LogP contribution in [0.15, 0.2) is 94.4 Å². The van der Waals surface area contributed by atoms with Crippen molar-refractivity contribution in [3.8, 4) is 17.2 Å². The molecule has 0 radical (unpaired) electrons. The van der Waals surface area contributed by atoms with Crippen LogP contribution in [0.2, 0.25) is 5.02 Å². The highest BCUT2D eigenvalue weighted by atomic mass is 35.5. The van der Waals surface area contributed by atoms with Gasteiger partial charge in [0.15, 0.2) is 5.76 Å². The van der Waals surface area contributed by atoms with Gasteiger partial charge in [0.25, 0.3) is 0 Å². The third-order valence-electron chi connectivity index (χ3n) is 6.56. The fraction of sp³-hybridized carbons (Fsp3) is 0.125. The monoisotopic (exact) mass is 616 g/mol. The highest BCUT2D eigenvalue weighted by Crippen LogP contribution is 2.34. The van der Waals surface area contributed by atoms with Crippen molar-refractivity contribution < 1.29 is 28.0 Å². The maximum atomic E-state index is 13.2. The number of furan rings is 1. The zero-order chi connectivity index (χ0) is 31.2. The van der Waals surface area contributed by atoms with E-state index in [0.29, 0.717) is 17.1 Å². The van der Waals surface area contributed by atoms with Gasteiger partial charge in [0.2, 0.25) is 5.75 Å². The Morgan fingerprint density at radius 3 is 2.39 bits per heavy atom. The first kappa shape index (κ1) is 30.1. The largest absolute Gasteiger partial charge is 0.486 e. The number of amides is 1. The zero-order valence-electron chi connectivity index (χ0n) is 23.6. The van der Waals surface area contributed by atoms with Crippen LogP contribution >= 0.6 is 11.6 Å². The van der Waals surface area contributed by atoms with Gasteiger partial charge < -0.3 is 18.5 Å². The standard InChI is InChI=1S/C32H26ClFN4O6/c1-20-3-4-21(2)37(20)26-9-11-27(12-10-26)42-19-28-13-14-30(44-28)32(39)36-35-17-23-15-24(33)16-29(38(40)41)31(23)43-18-22-5-7-25(34)8-6-22/h3-17H,18-19H2,1-2H3,(H,36,39)/b35-17+. The molecule has 0 spiro atoms. The van der Waals surface area contributed by atoms with Gasteiger partial charge in [0.1, 0.15) is 30.5 Å². The van der Waals surface area contributed by atoms with Crippen LogP contribution in [0, 0.1) is 29.8 Å². The molecule has 2 aromatic heterocycles. The summed E-state index contributed by atoms with van der Waals surface area (Å²) < 4.78 is 32.5. The summed E-state index contributed by atoms with van der Waals surface area (Å²) in [6.07, 6.45) is 1.17. The first-order valence-corrected chi connectivity index (χ1v) is 13.7. The predicted molar refractivity (Wildman–Crippen MR) is 162 cm³/mol. The van der Waals surface area contributed by atoms with Crippen molar-refractivity contribution in [2.24, 2.45) is 5.10 Å². The second-order valence-corrected chi connectivity index (χ2v) is 10.2. The molecule has 0 bridgehead atoms. The lowest BCUT2D eigenvalue weighted by atomic mass is 10.2. The Hall–Kier alpha value is -5.42. The number of halogens is 2. The Morgan fingerprint density at radius 2 is 1.70 bits per heavy atom. The number of benzene rings is 3. The number of carbonyl (C=O) groups is 1. The number of rotatable bonds is 11. The molecule has 1 N–H and O–H groups in total. The van der Waals surface area contributed by atoms with Gasteiger partial charge in [-0.3, -0.25) is 14.9 Å². The number of aryl methyl sites for hydroxylation is 2. The smallest absolute Gasteiger partial charge is 0.313 e. The van der Waals surface area contributed by atoms with Gasteiger partial charge in [-0.1, -0.05) is 23.7 Å². The second-order valence-electron chi connectivity index (χ2n) is 9.71. The summed E-state index contributed by atoms with van der Waals surface area (Å²) in [5, 5.41) is 15.6. The van der Waals surface area contributed by atoms with Gasteiger partial charge in [-0.05, 0) is 86.1 Å². The van der Waals surface area contributed by atoms with Gasteiger partial charge in [-0.25, -0.2) is 9.82 Å². The van der Waals surface area contributed by atoms with Gasteiger partial charge in [-0.2, -0.15) is 5.10 Å². The van der Waals surface area contributed by atoms with Gasteiger partial charge >= 0.3 is 11.6 Å². The molecule has 5 rings (SSSR count). The number of ether oxygens (including phenoxy) is 2. The van der Waals surface area contributed by atoms with E-state index in [2.05, 4.69) is 27.2 Å². The average Bonchev–Trinajstić information content (AvgIpc) is 3.62. The molecule has 2 heterocycles. The van der Waals surface area contributed by atoms with E-state index in [4.69, 9.17) is 25.5 Å². The summed E-state index contributed by atoms with van der Waals surface area (Å²) in [6.45, 7) is 4.10. The Labute approximate surface area is 256 Å². The summed E-state index contributed by atoms with van der Waals surface area (Å²) >= 11 is 6.08. The quantitative estimate of drug-likeness (QED) is 0.0943. The topological polar surface area (TPSA) is 121 Å². The number of nitrogens with one attached hydrogen (secondary N) is 1. The molecule has 224 valence electrons. The number of hydrogen-bond acceptors (Lipinski definition) is 7. The molecule has 0 fully saturated rings. The summed E-state index contributed by atoms with van der Waals surface area (Å²) in [7, 11) is 0. The highest BCUT2D eigenvalue weighted by Gasteiger charge is 2.21. The van der Waals surface area contributed by atoms with E-state index in [1.807, 2.05) is 38.1 Å². The third-order valence-corrected chi connectivity index (χ3v) is 6.78. The van der Waals surface area contributed by atoms with Crippen LogP contribution in [0.25, 0.3) is 5.69 Å². The predicted octanol–water partition coefficient (Wildman–Crippen LogP) is 7.31. The molecule has 10 nitrogen and oxygen atoms in total. The molecule has 0 saturated carbocycles. The van der Waals surface area contributed by atoms with E-state index in [1.54, 1.807) is 6.07 Å². The first-order valence-electron chi connectivity index (χ1n) is 13.3. The number of nitro benzene ring substituents is 1. The molecule has 0 saturated heterocycles. The summed E-state index contributed by atoms with van der Waals surface area (Å²) in [5.41, 5.74) is 5.94. The summed E-state index contributed by atoms with van der Waals surface area (Å²) in [6, 6.07) is 22.9. The van der Waals surface area contributed by atoms with Crippen LogP contribution in [-0.4, -0.2) is 21.6 Å². The molecular formula is C32H26ClFN4O6. The molecular weight excluding hydrogens is 591 g/mol. The maximum Gasteiger partial charge on any atom is 0.313 e. The van der Waals surface area contributed by atoms with Crippen LogP contribution in [0.4, 0.5) is 10.1 Å². The number of carbonyl (C=O) groups excluding carboxylic acids is 1. The maximum absolute atomic E-state index is 13.2. The van der Waals surface area contributed by atoms with E-state index in [1.165, 1.54) is 42.6 Å². The Kier molecular flexibility index (Phi) is 9.06. The van der Waals surface area contributed by atoms with E-state index >= 15 is 0 Å². The highest BCUT2D eigenvalue weighted by molar-refractivity contribution is 6.31. The molecule has 0 atom stereocenters. The minimum absolute atomic E-state index is 0.0143. The van der Waals surface area contributed by atoms with Crippen LogP contribution < -0.4 is 14.9 Å². The first-order chi connectivity index (χ1) is 21.2. The lowest BCUT2D eigenvalue weighted by Crippen LogP contribution is -2.17. The van der Waals surface area contributed by atoms with E-state index in [-0.39, 0.29) is 35.3 Å². The fourth-order valence-electron chi connectivity index (χ4n) is 4.44. The molecule has 1 amide bonds. The second kappa shape index (κ2) is 13.3. The number of hydrazone groups is 1. The van der Waals surface area contributed by atoms with Gasteiger partial charge in [0, 0.05) is 33.7 Å². The lowest BCUT2D eigenvalue weighted by molar-refractivity contribution is -0.385. The molecule has 0 aliphatic heterocycles. The number of aromatic nitrogens is 1. The van der Waals surface area contributed by atoms with Crippen molar-refractivity contribution >= 4 is 29.4 Å². The van der Waals surface area contributed by atoms with Gasteiger partial charge in [-0.15, -0.1) is 0 Å². The molecule has 5 aromatic rings. The van der Waals surface area contributed by atoms with Crippen LogP contribution in [0.1, 0.15) is 38.8 Å². The third kappa shape index (κ3) is 7.13. The zero-order valence-corrected chi connectivity index (χ0v) is 24.4. The Morgan fingerprint density at radius 1 is 1.00 bits per heavy atom. The fourth-order valence-corrected chi connectivity index (χ4v) is 4.66. The minimum Gasteiger partial charge on any atom is -0.486 e. The molecule has 0 unspecified atom stereocenters. The summed E-state index contributed by atoms with van der Waals surface area (Å²) in [4.78, 5) is 23.7. The van der Waals surface area contributed by atoms with Crippen molar-refractivity contribution in [2.75, 3.05) is 0 Å². The molecule has 44 heavy (non-hydrogen) atoms. The normalized spacial score (nSPS) is 11.1. The molecule has 0 aliphatic carbocycles. The van der Waals surface area contributed by atoms with Crippen molar-refractivity contribution in [1.29, 1.82) is 0 Å². The summed E-state index contributed by atoms with van der Waals surface area (Å²) in [5.74, 6) is -0.154. The minimum atomic E-state index is -0.653. The van der Waals surface area contributed by atoms with Crippen LogP contribution in [0.5, 0.6) is 11.5 Å². The van der Waals surface area contributed by atoms with Crippen molar-refractivity contribution in [2.45, 2.75) is 27.1 Å². The lowest BCUT2D eigenvalue weighted by Gasteiger charge is -2.10. The van der Waals surface area contributed by atoms with E-state index < -0.39 is 22.3 Å². The molecule has 0 aliphatic rings. The number of hydrogen-bond donors (Lipinski definition) is 1. The van der Waals surface area contributed by atoms with E-state index in [9.17, 15) is 19.3 Å². The van der Waals surface area contributed by atoms with E-state index in [0.717, 1.165) is 23.1 Å². The average molecular weight is 617 g/mol. The van der Waals surface area contributed by atoms with Crippen LogP contribution in [-0.2, 0) is 13.2 Å². The van der Waals surface area contributed by atoms with Crippen molar-refractivity contribution in [1.82, 2.24) is 9.99 Å². The van der Waals surface area contributed by atoms with Crippen molar-refractivity contribution in [3.63, 3.8) is 0 Å². The number of nitro groups is 1.